The van der Waals surface area contributed by atoms with Crippen LogP contribution in [0.4, 0.5) is 0 Å². The summed E-state index contributed by atoms with van der Waals surface area (Å²) in [6.45, 7) is 4.04. The molecule has 0 aliphatic heterocycles. The standard InChI is InChI=1S/C14H12BrN3O/c1-9(2)14-17-12(15)7-13(18-14)19-11-5-3-10(8-16)4-6-11/h3-7,9H,1-2H3. The topological polar surface area (TPSA) is 58.8 Å². The van der Waals surface area contributed by atoms with Gasteiger partial charge in [0.25, 0.3) is 0 Å². The van der Waals surface area contributed by atoms with Crippen LogP contribution in [0.2, 0.25) is 0 Å². The molecule has 0 aliphatic carbocycles. The molecular formula is C14H12BrN3O. The van der Waals surface area contributed by atoms with Crippen molar-refractivity contribution < 1.29 is 4.74 Å². The molecule has 0 amide bonds. The number of halogens is 1. The molecule has 2 rings (SSSR count). The van der Waals surface area contributed by atoms with Crippen LogP contribution in [0.15, 0.2) is 34.9 Å². The maximum absolute atomic E-state index is 8.73. The van der Waals surface area contributed by atoms with Crippen LogP contribution in [0.25, 0.3) is 0 Å². The minimum atomic E-state index is 0.223. The summed E-state index contributed by atoms with van der Waals surface area (Å²) in [6, 6.07) is 10.7. The van der Waals surface area contributed by atoms with Crippen molar-refractivity contribution in [3.63, 3.8) is 0 Å². The highest BCUT2D eigenvalue weighted by molar-refractivity contribution is 9.10. The summed E-state index contributed by atoms with van der Waals surface area (Å²) in [7, 11) is 0. The predicted octanol–water partition coefficient (Wildman–Crippen LogP) is 4.03. The van der Waals surface area contributed by atoms with Gasteiger partial charge < -0.3 is 4.74 Å². The number of hydrogen-bond donors (Lipinski definition) is 0. The van der Waals surface area contributed by atoms with Crippen LogP contribution in [0, 0.1) is 11.3 Å². The van der Waals surface area contributed by atoms with Gasteiger partial charge in [-0.2, -0.15) is 10.2 Å². The number of benzene rings is 1. The molecule has 0 fully saturated rings. The third-order valence-electron chi connectivity index (χ3n) is 2.41. The van der Waals surface area contributed by atoms with Crippen molar-refractivity contribution in [1.82, 2.24) is 9.97 Å². The molecule has 0 aliphatic rings. The first-order valence-electron chi connectivity index (χ1n) is 5.81. The van der Waals surface area contributed by atoms with E-state index in [2.05, 4.69) is 32.0 Å². The van der Waals surface area contributed by atoms with Crippen molar-refractivity contribution in [3.8, 4) is 17.7 Å². The summed E-state index contributed by atoms with van der Waals surface area (Å²) < 4.78 is 6.35. The van der Waals surface area contributed by atoms with E-state index < -0.39 is 0 Å². The van der Waals surface area contributed by atoms with E-state index in [1.807, 2.05) is 13.8 Å². The molecule has 0 unspecified atom stereocenters. The molecule has 0 saturated heterocycles. The van der Waals surface area contributed by atoms with Gasteiger partial charge in [-0.05, 0) is 40.2 Å². The van der Waals surface area contributed by atoms with E-state index in [1.165, 1.54) is 0 Å². The van der Waals surface area contributed by atoms with Crippen molar-refractivity contribution in [2.75, 3.05) is 0 Å². The Balaban J connectivity index is 2.25. The lowest BCUT2D eigenvalue weighted by Crippen LogP contribution is -1.99. The quantitative estimate of drug-likeness (QED) is 0.802. The lowest BCUT2D eigenvalue weighted by molar-refractivity contribution is 0.456. The second kappa shape index (κ2) is 5.81. The maximum Gasteiger partial charge on any atom is 0.223 e. The zero-order valence-electron chi connectivity index (χ0n) is 10.6. The van der Waals surface area contributed by atoms with Crippen LogP contribution in [0.5, 0.6) is 11.6 Å². The SMILES string of the molecule is CC(C)c1nc(Br)cc(Oc2ccc(C#N)cc2)n1. The molecule has 4 nitrogen and oxygen atoms in total. The first-order chi connectivity index (χ1) is 9.08. The average Bonchev–Trinajstić information content (AvgIpc) is 2.39. The molecule has 0 N–H and O–H groups in total. The van der Waals surface area contributed by atoms with Gasteiger partial charge in [0, 0.05) is 12.0 Å². The summed E-state index contributed by atoms with van der Waals surface area (Å²) in [4.78, 5) is 8.63. The Bertz CT molecular complexity index is 618. The third-order valence-corrected chi connectivity index (χ3v) is 2.82. The number of ether oxygens (including phenoxy) is 1. The van der Waals surface area contributed by atoms with Gasteiger partial charge in [0.15, 0.2) is 0 Å². The van der Waals surface area contributed by atoms with Crippen LogP contribution < -0.4 is 4.74 Å². The van der Waals surface area contributed by atoms with Crippen molar-refractivity contribution in [2.45, 2.75) is 19.8 Å². The van der Waals surface area contributed by atoms with Gasteiger partial charge >= 0.3 is 0 Å². The van der Waals surface area contributed by atoms with Gasteiger partial charge in [0.05, 0.1) is 11.6 Å². The minimum absolute atomic E-state index is 0.223. The molecule has 0 radical (unpaired) electrons. The molecule has 0 bridgehead atoms. The Morgan fingerprint density at radius 3 is 2.47 bits per heavy atom. The molecule has 5 heteroatoms. The van der Waals surface area contributed by atoms with Gasteiger partial charge in [-0.25, -0.2) is 4.98 Å². The van der Waals surface area contributed by atoms with Crippen LogP contribution in [0.3, 0.4) is 0 Å². The molecule has 19 heavy (non-hydrogen) atoms. The number of nitrogens with zero attached hydrogens (tertiary/aromatic N) is 3. The Morgan fingerprint density at radius 2 is 1.89 bits per heavy atom. The third kappa shape index (κ3) is 3.52. The molecule has 96 valence electrons. The Morgan fingerprint density at radius 1 is 1.21 bits per heavy atom. The highest BCUT2D eigenvalue weighted by atomic mass is 79.9. The Labute approximate surface area is 120 Å². The van der Waals surface area contributed by atoms with Gasteiger partial charge in [-0.1, -0.05) is 13.8 Å². The lowest BCUT2D eigenvalue weighted by atomic mass is 10.2. The molecule has 1 heterocycles. The first kappa shape index (κ1) is 13.5. The van der Waals surface area contributed by atoms with Crippen molar-refractivity contribution in [3.05, 3.63) is 46.3 Å². The van der Waals surface area contributed by atoms with E-state index in [4.69, 9.17) is 10.00 Å². The molecule has 0 saturated carbocycles. The molecule has 0 spiro atoms. The second-order valence-corrected chi connectivity index (χ2v) is 5.09. The van der Waals surface area contributed by atoms with E-state index in [0.717, 1.165) is 5.82 Å². The van der Waals surface area contributed by atoms with Crippen LogP contribution >= 0.6 is 15.9 Å². The minimum Gasteiger partial charge on any atom is -0.439 e. The zero-order chi connectivity index (χ0) is 13.8. The Hall–Kier alpha value is -1.93. The van der Waals surface area contributed by atoms with Crippen molar-refractivity contribution >= 4 is 15.9 Å². The van der Waals surface area contributed by atoms with Crippen LogP contribution in [-0.2, 0) is 0 Å². The summed E-state index contributed by atoms with van der Waals surface area (Å²) in [6.07, 6.45) is 0. The number of nitriles is 1. The monoisotopic (exact) mass is 317 g/mol. The normalized spacial score (nSPS) is 10.3. The van der Waals surface area contributed by atoms with E-state index in [1.54, 1.807) is 30.3 Å². The largest absolute Gasteiger partial charge is 0.439 e. The van der Waals surface area contributed by atoms with Crippen molar-refractivity contribution in [2.24, 2.45) is 0 Å². The summed E-state index contributed by atoms with van der Waals surface area (Å²) in [5.41, 5.74) is 0.596. The fourth-order valence-electron chi connectivity index (χ4n) is 1.44. The van der Waals surface area contributed by atoms with Crippen molar-refractivity contribution in [1.29, 1.82) is 5.26 Å². The van der Waals surface area contributed by atoms with Gasteiger partial charge in [0.2, 0.25) is 5.88 Å². The molecule has 2 aromatic rings. The number of aromatic nitrogens is 2. The lowest BCUT2D eigenvalue weighted by Gasteiger charge is -2.08. The van der Waals surface area contributed by atoms with E-state index in [-0.39, 0.29) is 5.92 Å². The molecule has 1 aromatic heterocycles. The highest BCUT2D eigenvalue weighted by Gasteiger charge is 2.08. The summed E-state index contributed by atoms with van der Waals surface area (Å²) >= 11 is 3.34. The average molecular weight is 318 g/mol. The fraction of sp³-hybridized carbons (Fsp3) is 0.214. The molecule has 1 aromatic carbocycles. The zero-order valence-corrected chi connectivity index (χ0v) is 12.2. The van der Waals surface area contributed by atoms with Gasteiger partial charge in [0.1, 0.15) is 16.2 Å². The fourth-order valence-corrected chi connectivity index (χ4v) is 1.82. The van der Waals surface area contributed by atoms with E-state index >= 15 is 0 Å². The maximum atomic E-state index is 8.73. The summed E-state index contributed by atoms with van der Waals surface area (Å²) in [5.74, 6) is 2.06. The number of rotatable bonds is 3. The van der Waals surface area contributed by atoms with Gasteiger partial charge in [-0.3, -0.25) is 0 Å². The predicted molar refractivity (Wildman–Crippen MR) is 75.1 cm³/mol. The second-order valence-electron chi connectivity index (χ2n) is 4.28. The first-order valence-corrected chi connectivity index (χ1v) is 6.60. The van der Waals surface area contributed by atoms with E-state index in [0.29, 0.717) is 21.8 Å². The van der Waals surface area contributed by atoms with E-state index in [9.17, 15) is 0 Å². The molecule has 0 atom stereocenters. The highest BCUT2D eigenvalue weighted by Crippen LogP contribution is 2.24. The van der Waals surface area contributed by atoms with Crippen LogP contribution in [-0.4, -0.2) is 9.97 Å². The van der Waals surface area contributed by atoms with Crippen LogP contribution in [0.1, 0.15) is 31.2 Å². The summed E-state index contributed by atoms with van der Waals surface area (Å²) in [5, 5.41) is 8.73. The smallest absolute Gasteiger partial charge is 0.223 e. The number of hydrogen-bond acceptors (Lipinski definition) is 4. The molecular weight excluding hydrogens is 306 g/mol. The Kier molecular flexibility index (Phi) is 4.13. The van der Waals surface area contributed by atoms with Gasteiger partial charge in [-0.15, -0.1) is 0 Å².